The molecule has 0 saturated heterocycles. The van der Waals surface area contributed by atoms with Gasteiger partial charge in [-0.05, 0) is 0 Å². The van der Waals surface area contributed by atoms with Crippen LogP contribution in [-0.2, 0) is 33.5 Å². The van der Waals surface area contributed by atoms with Crippen LogP contribution in [-0.4, -0.2) is 72.4 Å². The highest BCUT2D eigenvalue weighted by atomic mass is 32.2. The monoisotopic (exact) mass is 413 g/mol. The van der Waals surface area contributed by atoms with Crippen molar-refractivity contribution in [3.63, 3.8) is 0 Å². The van der Waals surface area contributed by atoms with Gasteiger partial charge in [-0.2, -0.15) is 11.8 Å². The van der Waals surface area contributed by atoms with Crippen LogP contribution in [0.2, 0.25) is 0 Å². The first-order valence-corrected chi connectivity index (χ1v) is 8.32. The predicted octanol–water partition coefficient (Wildman–Crippen LogP) is -1.24. The highest BCUT2D eigenvalue weighted by Crippen LogP contribution is 2.19. The van der Waals surface area contributed by atoms with Crippen molar-refractivity contribution in [3.05, 3.63) is 20.2 Å². The molecule has 0 saturated carbocycles. The van der Waals surface area contributed by atoms with Crippen molar-refractivity contribution in [2.24, 2.45) is 11.1 Å². The van der Waals surface area contributed by atoms with Gasteiger partial charge in [0, 0.05) is 11.2 Å². The number of nitrogens with two attached hydrogens (primary N) is 1. The van der Waals surface area contributed by atoms with Crippen LogP contribution in [0.4, 0.5) is 0 Å². The molecule has 0 unspecified atom stereocenters. The zero-order chi connectivity index (χ0) is 21.0. The number of methoxy groups -OCH3 is 1. The molecule has 0 aromatic heterocycles. The summed E-state index contributed by atoms with van der Waals surface area (Å²) >= 11 is 0.899. The molecule has 0 radical (unpaired) electrons. The van der Waals surface area contributed by atoms with Gasteiger partial charge in [0.25, 0.3) is 10.2 Å². The van der Waals surface area contributed by atoms with E-state index in [1.165, 1.54) is 6.92 Å². The maximum atomic E-state index is 11.7. The number of esters is 2. The molecule has 154 valence electrons. The van der Waals surface area contributed by atoms with Crippen molar-refractivity contribution in [3.8, 4) is 0 Å². The molecule has 0 aliphatic rings. The number of thioether (sulfide) groups is 1. The fourth-order valence-corrected chi connectivity index (χ4v) is 2.23. The lowest BCUT2D eigenvalue weighted by atomic mass is 9.94. The summed E-state index contributed by atoms with van der Waals surface area (Å²) in [6.45, 7) is -0.677. The summed E-state index contributed by atoms with van der Waals surface area (Å²) in [6, 6.07) is -0.967. The molecule has 14 nitrogen and oxygen atoms in total. The molecule has 0 amide bonds. The van der Waals surface area contributed by atoms with E-state index in [-0.39, 0.29) is 11.5 Å². The van der Waals surface area contributed by atoms with Crippen LogP contribution in [0.15, 0.2) is 0 Å². The smallest absolute Gasteiger partial charge is 0.375 e. The average molecular weight is 413 g/mol. The van der Waals surface area contributed by atoms with E-state index in [4.69, 9.17) is 10.5 Å². The van der Waals surface area contributed by atoms with Crippen LogP contribution in [0, 0.1) is 25.6 Å². The number of carbonyl (C=O) groups excluding carboxylic acids is 3. The standard InChI is InChI=1S/C12H19N3O11S/c1-12(6-25-14(19)20,7-26-15(21)22)5-24-11(18)9(16)4-27-3-8(13)10(17)23-2/h8H,3-7,13H2,1-2H3/t8-/m0/s1. The molecular formula is C12H19N3O11S. The molecule has 0 bridgehead atoms. The van der Waals surface area contributed by atoms with E-state index in [0.29, 0.717) is 0 Å². The van der Waals surface area contributed by atoms with Crippen molar-refractivity contribution in [1.82, 2.24) is 0 Å². The number of ether oxygens (including phenoxy) is 2. The summed E-state index contributed by atoms with van der Waals surface area (Å²) in [5.41, 5.74) is 4.01. The second-order valence-electron chi connectivity index (χ2n) is 5.45. The van der Waals surface area contributed by atoms with Crippen LogP contribution < -0.4 is 5.73 Å². The minimum atomic E-state index is -1.45. The Morgan fingerprint density at radius 2 is 1.63 bits per heavy atom. The fraction of sp³-hybridized carbons (Fsp3) is 0.750. The first-order valence-electron chi connectivity index (χ1n) is 7.16. The first-order chi connectivity index (χ1) is 12.5. The maximum absolute atomic E-state index is 11.7. The Hall–Kier alpha value is -2.68. The third-order valence-electron chi connectivity index (χ3n) is 2.85. The number of rotatable bonds is 14. The van der Waals surface area contributed by atoms with Gasteiger partial charge in [-0.15, -0.1) is 20.2 Å². The first kappa shape index (κ1) is 24.3. The average Bonchev–Trinajstić information content (AvgIpc) is 2.61. The molecular weight excluding hydrogens is 394 g/mol. The number of ketones is 1. The predicted molar refractivity (Wildman–Crippen MR) is 87.3 cm³/mol. The molecule has 15 heteroatoms. The summed E-state index contributed by atoms with van der Waals surface area (Å²) in [7, 11) is 1.15. The molecule has 1 atom stereocenters. The van der Waals surface area contributed by atoms with Crippen molar-refractivity contribution in [2.45, 2.75) is 13.0 Å². The number of Topliss-reactive ketones (excluding diaryl/α,β-unsaturated/α-hetero) is 1. The van der Waals surface area contributed by atoms with Crippen LogP contribution in [0.3, 0.4) is 0 Å². The fourth-order valence-electron chi connectivity index (χ4n) is 1.42. The third-order valence-corrected chi connectivity index (χ3v) is 3.91. The van der Waals surface area contributed by atoms with Crippen LogP contribution in [0.5, 0.6) is 0 Å². The summed E-state index contributed by atoms with van der Waals surface area (Å²) in [6.07, 6.45) is 0. The third kappa shape index (κ3) is 10.8. The Bertz CT molecular complexity index is 553. The Kier molecular flexibility index (Phi) is 10.7. The molecule has 0 aromatic carbocycles. The van der Waals surface area contributed by atoms with Gasteiger partial charge in [-0.3, -0.25) is 9.59 Å². The lowest BCUT2D eigenvalue weighted by Gasteiger charge is -2.26. The largest absolute Gasteiger partial charge is 0.468 e. The van der Waals surface area contributed by atoms with Crippen LogP contribution in [0.1, 0.15) is 6.92 Å². The van der Waals surface area contributed by atoms with Crippen LogP contribution in [0.25, 0.3) is 0 Å². The summed E-state index contributed by atoms with van der Waals surface area (Å²) in [4.78, 5) is 63.3. The van der Waals surface area contributed by atoms with Gasteiger partial charge in [0.15, 0.2) is 0 Å². The molecule has 27 heavy (non-hydrogen) atoms. The Morgan fingerprint density at radius 1 is 1.11 bits per heavy atom. The molecule has 0 aliphatic carbocycles. The van der Waals surface area contributed by atoms with E-state index in [1.807, 2.05) is 0 Å². The molecule has 0 fully saturated rings. The Balaban J connectivity index is 4.51. The van der Waals surface area contributed by atoms with Gasteiger partial charge in [0.05, 0.1) is 12.9 Å². The number of carbonyl (C=O) groups is 3. The van der Waals surface area contributed by atoms with E-state index in [1.54, 1.807) is 0 Å². The molecule has 0 heterocycles. The molecule has 0 spiro atoms. The molecule has 0 aromatic rings. The van der Waals surface area contributed by atoms with E-state index in [9.17, 15) is 34.6 Å². The Morgan fingerprint density at radius 3 is 2.07 bits per heavy atom. The van der Waals surface area contributed by atoms with Gasteiger partial charge >= 0.3 is 11.9 Å². The molecule has 0 aliphatic heterocycles. The second-order valence-corrected chi connectivity index (χ2v) is 6.48. The van der Waals surface area contributed by atoms with E-state index in [2.05, 4.69) is 14.4 Å². The SMILES string of the molecule is COC(=O)[C@@H](N)CSCC(=O)C(=O)OCC(C)(CO[N+](=O)[O-])CO[N+](=O)[O-]. The normalized spacial score (nSPS) is 11.8. The summed E-state index contributed by atoms with van der Waals surface area (Å²) in [5, 5.41) is 18.3. The molecule has 0 rings (SSSR count). The van der Waals surface area contributed by atoms with Crippen molar-refractivity contribution >= 4 is 29.5 Å². The van der Waals surface area contributed by atoms with E-state index >= 15 is 0 Å². The zero-order valence-corrected chi connectivity index (χ0v) is 15.3. The van der Waals surface area contributed by atoms with Gasteiger partial charge in [-0.25, -0.2) is 4.79 Å². The summed E-state index contributed by atoms with van der Waals surface area (Å²) in [5.74, 6) is -3.20. The lowest BCUT2D eigenvalue weighted by molar-refractivity contribution is -0.771. The van der Waals surface area contributed by atoms with Gasteiger partial charge < -0.3 is 24.9 Å². The van der Waals surface area contributed by atoms with E-state index in [0.717, 1.165) is 18.9 Å². The highest BCUT2D eigenvalue weighted by Gasteiger charge is 2.31. The van der Waals surface area contributed by atoms with Gasteiger partial charge in [-0.1, -0.05) is 6.92 Å². The Labute approximate surface area is 156 Å². The topological polar surface area (TPSA) is 200 Å². The summed E-state index contributed by atoms with van der Waals surface area (Å²) < 4.78 is 9.13. The minimum Gasteiger partial charge on any atom is -0.468 e. The number of hydrogen-bond donors (Lipinski definition) is 1. The quantitative estimate of drug-likeness (QED) is 0.153. The number of hydrogen-bond acceptors (Lipinski definition) is 13. The highest BCUT2D eigenvalue weighted by molar-refractivity contribution is 8.00. The van der Waals surface area contributed by atoms with Crippen molar-refractivity contribution < 1.29 is 43.7 Å². The van der Waals surface area contributed by atoms with E-state index < -0.39 is 59.2 Å². The van der Waals surface area contributed by atoms with Crippen molar-refractivity contribution in [2.75, 3.05) is 38.4 Å². The number of nitrogens with zero attached hydrogens (tertiary/aromatic N) is 2. The lowest BCUT2D eigenvalue weighted by Crippen LogP contribution is -2.38. The van der Waals surface area contributed by atoms with Gasteiger partial charge in [0.1, 0.15) is 25.9 Å². The second kappa shape index (κ2) is 11.8. The molecule has 2 N–H and O–H groups in total. The van der Waals surface area contributed by atoms with Crippen molar-refractivity contribution in [1.29, 1.82) is 0 Å². The maximum Gasteiger partial charge on any atom is 0.375 e. The van der Waals surface area contributed by atoms with Crippen LogP contribution >= 0.6 is 11.8 Å². The minimum absolute atomic E-state index is 0.0246. The van der Waals surface area contributed by atoms with Gasteiger partial charge in [0.2, 0.25) is 5.78 Å². The zero-order valence-electron chi connectivity index (χ0n) is 14.5.